The Hall–Kier alpha value is -2.21. The van der Waals surface area contributed by atoms with Gasteiger partial charge in [0.05, 0.1) is 25.7 Å². The summed E-state index contributed by atoms with van der Waals surface area (Å²) in [6.07, 6.45) is 4.59. The molecule has 142 valence electrons. The van der Waals surface area contributed by atoms with Crippen molar-refractivity contribution in [3.63, 3.8) is 0 Å². The average Bonchev–Trinajstić information content (AvgIpc) is 2.68. The molecule has 2 aromatic rings. The molecule has 0 aliphatic heterocycles. The van der Waals surface area contributed by atoms with E-state index < -0.39 is 11.1 Å². The summed E-state index contributed by atoms with van der Waals surface area (Å²) < 4.78 is 34.2. The van der Waals surface area contributed by atoms with E-state index in [0.29, 0.717) is 34.5 Å². The second kappa shape index (κ2) is 10.7. The first-order chi connectivity index (χ1) is 12.7. The highest BCUT2D eigenvalue weighted by Crippen LogP contribution is 2.31. The molecule has 0 aliphatic rings. The Morgan fingerprint density at radius 2 is 1.69 bits per heavy atom. The average molecular weight is 378 g/mol. The zero-order valence-corrected chi connectivity index (χ0v) is 16.3. The van der Waals surface area contributed by atoms with Crippen molar-refractivity contribution in [2.24, 2.45) is 0 Å². The molecule has 0 aromatic heterocycles. The van der Waals surface area contributed by atoms with Gasteiger partial charge in [-0.25, -0.2) is 4.21 Å². The zero-order valence-electron chi connectivity index (χ0n) is 15.5. The fraction of sp³-hybridized carbons (Fsp3) is 0.400. The highest BCUT2D eigenvalue weighted by atomic mass is 32.2. The van der Waals surface area contributed by atoms with Crippen molar-refractivity contribution in [1.82, 2.24) is 0 Å². The highest BCUT2D eigenvalue weighted by Gasteiger charge is 2.11. The van der Waals surface area contributed by atoms with E-state index in [9.17, 15) is 4.21 Å². The lowest BCUT2D eigenvalue weighted by molar-refractivity contribution is 0.304. The molecule has 2 aromatic carbocycles. The van der Waals surface area contributed by atoms with Crippen LogP contribution in [0.1, 0.15) is 32.6 Å². The van der Waals surface area contributed by atoms with Crippen LogP contribution < -0.4 is 18.4 Å². The van der Waals surface area contributed by atoms with Gasteiger partial charge in [0, 0.05) is 6.07 Å². The van der Waals surface area contributed by atoms with Crippen LogP contribution in [0, 0.1) is 0 Å². The van der Waals surface area contributed by atoms with Gasteiger partial charge in [-0.05, 0) is 36.8 Å². The summed E-state index contributed by atoms with van der Waals surface area (Å²) in [5, 5.41) is 0. The van der Waals surface area contributed by atoms with Gasteiger partial charge in [-0.1, -0.05) is 32.3 Å². The van der Waals surface area contributed by atoms with Crippen LogP contribution in [0.25, 0.3) is 0 Å². The van der Waals surface area contributed by atoms with Crippen molar-refractivity contribution >= 4 is 11.1 Å². The largest absolute Gasteiger partial charge is 0.494 e. The van der Waals surface area contributed by atoms with Gasteiger partial charge in [0.15, 0.2) is 11.5 Å². The number of ether oxygens (including phenoxy) is 3. The van der Waals surface area contributed by atoms with Crippen molar-refractivity contribution in [3.8, 4) is 23.0 Å². The number of benzene rings is 2. The Labute approximate surface area is 157 Å². The first-order valence-electron chi connectivity index (χ1n) is 8.73. The maximum Gasteiger partial charge on any atom is 0.240 e. The van der Waals surface area contributed by atoms with Crippen LogP contribution in [0.15, 0.2) is 47.4 Å². The van der Waals surface area contributed by atoms with Crippen LogP contribution in [0.3, 0.4) is 0 Å². The Morgan fingerprint density at radius 1 is 0.885 bits per heavy atom. The molecule has 0 radical (unpaired) electrons. The minimum Gasteiger partial charge on any atom is -0.494 e. The van der Waals surface area contributed by atoms with Crippen LogP contribution in [0.2, 0.25) is 0 Å². The molecule has 0 spiro atoms. The molecule has 1 atom stereocenters. The highest BCUT2D eigenvalue weighted by molar-refractivity contribution is 7.80. The van der Waals surface area contributed by atoms with Crippen LogP contribution >= 0.6 is 0 Å². The molecule has 0 heterocycles. The number of rotatable bonds is 11. The van der Waals surface area contributed by atoms with E-state index in [2.05, 4.69) is 6.92 Å². The summed E-state index contributed by atoms with van der Waals surface area (Å²) >= 11 is -1.65. The number of hydrogen-bond donors (Lipinski definition) is 0. The number of hydrogen-bond acceptors (Lipinski definition) is 5. The quantitative estimate of drug-likeness (QED) is 0.528. The molecule has 0 fully saturated rings. The maximum atomic E-state index is 12.5. The Morgan fingerprint density at radius 3 is 2.42 bits per heavy atom. The summed E-state index contributed by atoms with van der Waals surface area (Å²) in [6.45, 7) is 2.84. The first kappa shape index (κ1) is 20.1. The predicted octanol–water partition coefficient (Wildman–Crippen LogP) is 4.76. The molecule has 0 N–H and O–H groups in total. The van der Waals surface area contributed by atoms with Crippen molar-refractivity contribution in [1.29, 1.82) is 0 Å². The molecule has 6 heteroatoms. The van der Waals surface area contributed by atoms with Crippen molar-refractivity contribution in [3.05, 3.63) is 42.5 Å². The predicted molar refractivity (Wildman–Crippen MR) is 103 cm³/mol. The van der Waals surface area contributed by atoms with Gasteiger partial charge >= 0.3 is 0 Å². The molecule has 0 saturated heterocycles. The third-order valence-corrected chi connectivity index (χ3v) is 4.77. The normalized spacial score (nSPS) is 11.7. The molecule has 0 bridgehead atoms. The van der Waals surface area contributed by atoms with Gasteiger partial charge in [0.2, 0.25) is 11.1 Å². The second-order valence-electron chi connectivity index (χ2n) is 5.72. The Kier molecular flexibility index (Phi) is 8.28. The monoisotopic (exact) mass is 378 g/mol. The van der Waals surface area contributed by atoms with Gasteiger partial charge < -0.3 is 18.4 Å². The summed E-state index contributed by atoms with van der Waals surface area (Å²) in [6, 6.07) is 12.2. The molecule has 5 nitrogen and oxygen atoms in total. The van der Waals surface area contributed by atoms with Crippen molar-refractivity contribution < 1.29 is 22.6 Å². The fourth-order valence-corrected chi connectivity index (χ4v) is 3.17. The minimum absolute atomic E-state index is 0.437. The molecule has 2 rings (SSSR count). The van der Waals surface area contributed by atoms with Gasteiger partial charge in [0.1, 0.15) is 11.5 Å². The third-order valence-electron chi connectivity index (χ3n) is 3.79. The summed E-state index contributed by atoms with van der Waals surface area (Å²) in [4.78, 5) is 0.547. The van der Waals surface area contributed by atoms with E-state index in [1.807, 2.05) is 12.1 Å². The smallest absolute Gasteiger partial charge is 0.240 e. The lowest BCUT2D eigenvalue weighted by Gasteiger charge is -2.11. The van der Waals surface area contributed by atoms with E-state index in [0.717, 1.165) is 12.8 Å². The second-order valence-corrected chi connectivity index (χ2v) is 6.83. The van der Waals surface area contributed by atoms with E-state index >= 15 is 0 Å². The SMILES string of the molecule is CCCCCCOc1cccc(S(=O)Oc2ccc(OC)c(OC)c2)c1. The van der Waals surface area contributed by atoms with Crippen molar-refractivity contribution in [2.45, 2.75) is 37.5 Å². The van der Waals surface area contributed by atoms with Gasteiger partial charge in [-0.3, -0.25) is 0 Å². The molecular formula is C20H26O5S. The van der Waals surface area contributed by atoms with E-state index in [-0.39, 0.29) is 0 Å². The molecular weight excluding hydrogens is 352 g/mol. The summed E-state index contributed by atoms with van der Waals surface area (Å²) in [5.74, 6) is 2.24. The molecule has 0 amide bonds. The summed E-state index contributed by atoms with van der Waals surface area (Å²) in [7, 11) is 3.10. The maximum absolute atomic E-state index is 12.5. The topological polar surface area (TPSA) is 54.0 Å². The lowest BCUT2D eigenvalue weighted by atomic mass is 10.2. The minimum atomic E-state index is -1.65. The van der Waals surface area contributed by atoms with E-state index in [1.165, 1.54) is 12.8 Å². The van der Waals surface area contributed by atoms with E-state index in [4.69, 9.17) is 18.4 Å². The lowest BCUT2D eigenvalue weighted by Crippen LogP contribution is -2.03. The standard InChI is InChI=1S/C20H26O5S/c1-4-5-6-7-13-24-16-9-8-10-18(14-16)26(21)25-17-11-12-19(22-2)20(15-17)23-3/h8-12,14-15H,4-7,13H2,1-3H3. The molecule has 1 unspecified atom stereocenters. The molecule has 0 aliphatic carbocycles. The zero-order chi connectivity index (χ0) is 18.8. The van der Waals surface area contributed by atoms with Crippen LogP contribution in [0.5, 0.6) is 23.0 Å². The number of methoxy groups -OCH3 is 2. The van der Waals surface area contributed by atoms with Crippen molar-refractivity contribution in [2.75, 3.05) is 20.8 Å². The van der Waals surface area contributed by atoms with Gasteiger partial charge in [-0.2, -0.15) is 0 Å². The third kappa shape index (κ3) is 5.95. The van der Waals surface area contributed by atoms with Crippen LogP contribution in [-0.2, 0) is 11.1 Å². The fourth-order valence-electron chi connectivity index (χ4n) is 2.39. The Balaban J connectivity index is 1.98. The summed E-state index contributed by atoms with van der Waals surface area (Å²) in [5.41, 5.74) is 0. The van der Waals surface area contributed by atoms with Crippen LogP contribution in [-0.4, -0.2) is 25.0 Å². The van der Waals surface area contributed by atoms with E-state index in [1.54, 1.807) is 44.6 Å². The van der Waals surface area contributed by atoms with Gasteiger partial charge in [0.25, 0.3) is 0 Å². The van der Waals surface area contributed by atoms with Gasteiger partial charge in [-0.15, -0.1) is 0 Å². The van der Waals surface area contributed by atoms with Crippen LogP contribution in [0.4, 0.5) is 0 Å². The number of unbranched alkanes of at least 4 members (excludes halogenated alkanes) is 3. The molecule has 0 saturated carbocycles. The first-order valence-corrected chi connectivity index (χ1v) is 9.80. The Bertz CT molecular complexity index is 717. The molecule has 26 heavy (non-hydrogen) atoms.